The van der Waals surface area contributed by atoms with Gasteiger partial charge in [0.2, 0.25) is 0 Å². The Morgan fingerprint density at radius 2 is 1.63 bits per heavy atom. The Morgan fingerprint density at radius 1 is 1.11 bits per heavy atom. The molecular formula is C18H31Cl. The zero-order valence-corrected chi connectivity index (χ0v) is 14.4. The number of unbranched alkanes of at least 4 members (excludes halogenated alkanes) is 2. The molecule has 0 saturated carbocycles. The standard InChI is InChI=1S/C11H13Cl.C5H12.C2H6/c1-4-9(3)10-6-5-8(2)7-11(10)12;1-3-5-4-2;1-2/h5-7H,3-4H2,1-2H3;3-5H2,1-2H3;1-2H3. The molecule has 0 radical (unpaired) electrons. The van der Waals surface area contributed by atoms with E-state index in [1.807, 2.05) is 32.9 Å². The molecule has 0 unspecified atom stereocenters. The summed E-state index contributed by atoms with van der Waals surface area (Å²) in [5.41, 5.74) is 3.36. The largest absolute Gasteiger partial charge is 0.0952 e. The molecule has 1 heteroatoms. The molecule has 0 saturated heterocycles. The molecule has 0 heterocycles. The lowest BCUT2D eigenvalue weighted by Crippen LogP contribution is -1.83. The van der Waals surface area contributed by atoms with Gasteiger partial charge in [0.15, 0.2) is 0 Å². The topological polar surface area (TPSA) is 0 Å². The van der Waals surface area contributed by atoms with E-state index in [9.17, 15) is 0 Å². The third-order valence-corrected chi connectivity index (χ3v) is 2.95. The molecule has 0 amide bonds. The normalized spacial score (nSPS) is 8.79. The summed E-state index contributed by atoms with van der Waals surface area (Å²) in [5.74, 6) is 0. The molecule has 19 heavy (non-hydrogen) atoms. The summed E-state index contributed by atoms with van der Waals surface area (Å²) in [6.45, 7) is 16.5. The van der Waals surface area contributed by atoms with E-state index < -0.39 is 0 Å². The highest BCUT2D eigenvalue weighted by Gasteiger charge is 2.01. The Balaban J connectivity index is 0. The zero-order chi connectivity index (χ0) is 15.3. The van der Waals surface area contributed by atoms with E-state index in [2.05, 4.69) is 33.4 Å². The summed E-state index contributed by atoms with van der Waals surface area (Å²) < 4.78 is 0. The first-order valence-corrected chi connectivity index (χ1v) is 7.88. The van der Waals surface area contributed by atoms with Crippen LogP contribution in [0.4, 0.5) is 0 Å². The van der Waals surface area contributed by atoms with Gasteiger partial charge in [0.1, 0.15) is 0 Å². The number of aryl methyl sites for hydroxylation is 1. The highest BCUT2D eigenvalue weighted by Crippen LogP contribution is 2.25. The molecule has 110 valence electrons. The Bertz CT molecular complexity index is 338. The fraction of sp³-hybridized carbons (Fsp3) is 0.556. The van der Waals surface area contributed by atoms with Crippen LogP contribution in [0.1, 0.15) is 71.4 Å². The van der Waals surface area contributed by atoms with Crippen LogP contribution in [0.3, 0.4) is 0 Å². The summed E-state index contributed by atoms with van der Waals surface area (Å²) in [4.78, 5) is 0. The van der Waals surface area contributed by atoms with E-state index in [1.165, 1.54) is 24.8 Å². The molecule has 0 aliphatic rings. The van der Waals surface area contributed by atoms with Gasteiger partial charge in [-0.2, -0.15) is 0 Å². The number of halogens is 1. The smallest absolute Gasteiger partial charge is 0.0483 e. The van der Waals surface area contributed by atoms with Crippen molar-refractivity contribution in [3.05, 3.63) is 40.9 Å². The minimum Gasteiger partial charge on any atom is -0.0952 e. The minimum absolute atomic E-state index is 0.807. The average Bonchev–Trinajstić information content (AvgIpc) is 2.42. The first kappa shape index (κ1) is 20.6. The Hall–Kier alpha value is -0.750. The molecule has 0 atom stereocenters. The van der Waals surface area contributed by atoms with E-state index >= 15 is 0 Å². The SMILES string of the molecule is C=C(CC)c1ccc(C)cc1Cl.CC.CCCCC. The molecular weight excluding hydrogens is 252 g/mol. The van der Waals surface area contributed by atoms with Gasteiger partial charge >= 0.3 is 0 Å². The molecule has 0 N–H and O–H groups in total. The van der Waals surface area contributed by atoms with Crippen LogP contribution in [-0.4, -0.2) is 0 Å². The first-order valence-electron chi connectivity index (χ1n) is 7.51. The first-order chi connectivity index (χ1) is 9.06. The van der Waals surface area contributed by atoms with Crippen molar-refractivity contribution < 1.29 is 0 Å². The van der Waals surface area contributed by atoms with Gasteiger partial charge in [-0.1, -0.05) is 84.2 Å². The second-order valence-corrected chi connectivity index (χ2v) is 4.70. The maximum atomic E-state index is 6.04. The molecule has 0 nitrogen and oxygen atoms in total. The lowest BCUT2D eigenvalue weighted by Gasteiger charge is -2.05. The van der Waals surface area contributed by atoms with Crippen molar-refractivity contribution in [2.45, 2.75) is 67.2 Å². The van der Waals surface area contributed by atoms with Crippen molar-refractivity contribution >= 4 is 17.2 Å². The van der Waals surface area contributed by atoms with Crippen LogP contribution in [0.15, 0.2) is 24.8 Å². The van der Waals surface area contributed by atoms with Gasteiger partial charge in [-0.15, -0.1) is 0 Å². The van der Waals surface area contributed by atoms with Gasteiger partial charge in [-0.25, -0.2) is 0 Å². The molecule has 0 aromatic heterocycles. The Morgan fingerprint density at radius 3 is 1.95 bits per heavy atom. The monoisotopic (exact) mass is 282 g/mol. The fourth-order valence-corrected chi connectivity index (χ4v) is 1.82. The predicted octanol–water partition coefficient (Wildman–Crippen LogP) is 7.29. The van der Waals surface area contributed by atoms with Crippen LogP contribution in [0.5, 0.6) is 0 Å². The minimum atomic E-state index is 0.807. The van der Waals surface area contributed by atoms with Crippen LogP contribution in [-0.2, 0) is 0 Å². The van der Waals surface area contributed by atoms with Crippen LogP contribution < -0.4 is 0 Å². The average molecular weight is 283 g/mol. The number of hydrogen-bond acceptors (Lipinski definition) is 0. The lowest BCUT2D eigenvalue weighted by atomic mass is 10.0. The maximum absolute atomic E-state index is 6.04. The Labute approximate surface area is 125 Å². The van der Waals surface area contributed by atoms with E-state index in [0.717, 1.165) is 22.6 Å². The zero-order valence-electron chi connectivity index (χ0n) is 13.6. The summed E-state index contributed by atoms with van der Waals surface area (Å²) in [5, 5.41) is 0.807. The van der Waals surface area contributed by atoms with Gasteiger partial charge in [-0.3, -0.25) is 0 Å². The fourth-order valence-electron chi connectivity index (χ4n) is 1.45. The molecule has 1 aromatic carbocycles. The number of hydrogen-bond donors (Lipinski definition) is 0. The van der Waals surface area contributed by atoms with Crippen molar-refractivity contribution in [3.63, 3.8) is 0 Å². The van der Waals surface area contributed by atoms with Crippen LogP contribution in [0.25, 0.3) is 5.57 Å². The van der Waals surface area contributed by atoms with Gasteiger partial charge < -0.3 is 0 Å². The van der Waals surface area contributed by atoms with Crippen LogP contribution >= 0.6 is 11.6 Å². The second kappa shape index (κ2) is 13.7. The van der Waals surface area contributed by atoms with Gasteiger partial charge in [0, 0.05) is 5.02 Å². The van der Waals surface area contributed by atoms with Crippen molar-refractivity contribution in [2.24, 2.45) is 0 Å². The van der Waals surface area contributed by atoms with Crippen LogP contribution in [0.2, 0.25) is 5.02 Å². The predicted molar refractivity (Wildman–Crippen MR) is 92.1 cm³/mol. The molecule has 0 fully saturated rings. The van der Waals surface area contributed by atoms with Gasteiger partial charge in [0.05, 0.1) is 0 Å². The van der Waals surface area contributed by atoms with Crippen molar-refractivity contribution in [3.8, 4) is 0 Å². The Kier molecular flexibility index (Phi) is 14.8. The second-order valence-electron chi connectivity index (χ2n) is 4.29. The molecule has 0 bridgehead atoms. The summed E-state index contributed by atoms with van der Waals surface area (Å²) in [7, 11) is 0. The molecule has 0 aliphatic heterocycles. The summed E-state index contributed by atoms with van der Waals surface area (Å²) in [6, 6.07) is 6.06. The summed E-state index contributed by atoms with van der Waals surface area (Å²) >= 11 is 6.04. The van der Waals surface area contributed by atoms with E-state index in [4.69, 9.17) is 11.6 Å². The third-order valence-electron chi connectivity index (χ3n) is 2.64. The van der Waals surface area contributed by atoms with Gasteiger partial charge in [-0.05, 0) is 36.1 Å². The number of allylic oxidation sites excluding steroid dienone is 1. The maximum Gasteiger partial charge on any atom is 0.0483 e. The third kappa shape index (κ3) is 9.78. The van der Waals surface area contributed by atoms with E-state index in [0.29, 0.717) is 0 Å². The number of rotatable bonds is 4. The highest BCUT2D eigenvalue weighted by molar-refractivity contribution is 6.32. The quantitative estimate of drug-likeness (QED) is 0.544. The molecule has 0 spiro atoms. The molecule has 0 aliphatic carbocycles. The van der Waals surface area contributed by atoms with Crippen molar-refractivity contribution in [1.82, 2.24) is 0 Å². The van der Waals surface area contributed by atoms with Gasteiger partial charge in [0.25, 0.3) is 0 Å². The highest BCUT2D eigenvalue weighted by atomic mass is 35.5. The van der Waals surface area contributed by atoms with Crippen LogP contribution in [0, 0.1) is 6.92 Å². The van der Waals surface area contributed by atoms with Crippen molar-refractivity contribution in [1.29, 1.82) is 0 Å². The number of benzene rings is 1. The van der Waals surface area contributed by atoms with Crippen molar-refractivity contribution in [2.75, 3.05) is 0 Å². The van der Waals surface area contributed by atoms with E-state index in [1.54, 1.807) is 0 Å². The lowest BCUT2D eigenvalue weighted by molar-refractivity contribution is 0.772. The molecule has 1 rings (SSSR count). The molecule has 1 aromatic rings. The van der Waals surface area contributed by atoms with E-state index in [-0.39, 0.29) is 0 Å². The summed E-state index contributed by atoms with van der Waals surface area (Å²) in [6.07, 6.45) is 5.02.